The first-order valence-corrected chi connectivity index (χ1v) is 6.38. The summed E-state index contributed by atoms with van der Waals surface area (Å²) in [5, 5.41) is 0. The maximum absolute atomic E-state index is 3.43. The van der Waals surface area contributed by atoms with Crippen LogP contribution in [0.5, 0.6) is 0 Å². The van der Waals surface area contributed by atoms with Crippen LogP contribution in [0.3, 0.4) is 0 Å². The second-order valence-electron chi connectivity index (χ2n) is 3.92. The molecular weight excluding hydrogens is 240 g/mol. The molecule has 0 unspecified atom stereocenters. The summed E-state index contributed by atoms with van der Waals surface area (Å²) in [6.45, 7) is 4.46. The van der Waals surface area contributed by atoms with E-state index in [9.17, 15) is 0 Å². The molecule has 0 aromatic heterocycles. The predicted molar refractivity (Wildman–Crippen MR) is 64.9 cm³/mol. The van der Waals surface area contributed by atoms with Crippen molar-refractivity contribution in [1.29, 1.82) is 0 Å². The van der Waals surface area contributed by atoms with Gasteiger partial charge < -0.3 is 4.90 Å². The highest BCUT2D eigenvalue weighted by Gasteiger charge is 2.07. The monoisotopic (exact) mass is 260 g/mol. The van der Waals surface area contributed by atoms with Gasteiger partial charge in [-0.3, -0.25) is 3.93 Å². The number of halogens is 1. The lowest BCUT2D eigenvalue weighted by molar-refractivity contribution is 0.340. The minimum absolute atomic E-state index is 0.995. The molecule has 0 N–H and O–H groups in total. The van der Waals surface area contributed by atoms with Crippen molar-refractivity contribution < 1.29 is 0 Å². The van der Waals surface area contributed by atoms with E-state index < -0.39 is 0 Å². The van der Waals surface area contributed by atoms with E-state index in [1.54, 1.807) is 0 Å². The van der Waals surface area contributed by atoms with Gasteiger partial charge in [0.05, 0.1) is 16.1 Å². The molecule has 0 aromatic carbocycles. The van der Waals surface area contributed by atoms with Crippen LogP contribution in [0.4, 0.5) is 0 Å². The zero-order valence-electron chi connectivity index (χ0n) is 9.08. The fourth-order valence-electron chi connectivity index (χ4n) is 1.67. The first-order valence-electron chi connectivity index (χ1n) is 5.67. The molecule has 1 aliphatic heterocycles. The van der Waals surface area contributed by atoms with Crippen LogP contribution in [0, 0.1) is 0 Å². The summed E-state index contributed by atoms with van der Waals surface area (Å²) in [7, 11) is 0. The molecule has 0 aliphatic carbocycles. The average Bonchev–Trinajstić information content (AvgIpc) is 2.58. The van der Waals surface area contributed by atoms with Gasteiger partial charge in [-0.2, -0.15) is 0 Å². The Morgan fingerprint density at radius 3 is 2.43 bits per heavy atom. The van der Waals surface area contributed by atoms with Crippen LogP contribution < -0.4 is 0 Å². The lowest BCUT2D eigenvalue weighted by Crippen LogP contribution is -2.20. The van der Waals surface area contributed by atoms with E-state index in [4.69, 9.17) is 0 Å². The van der Waals surface area contributed by atoms with Crippen molar-refractivity contribution in [2.75, 3.05) is 13.2 Å². The largest absolute Gasteiger partial charge is 0.358 e. The molecule has 82 valence electrons. The third-order valence-electron chi connectivity index (χ3n) is 2.55. The van der Waals surface area contributed by atoms with Crippen LogP contribution >= 0.6 is 16.1 Å². The Kier molecular flexibility index (Phi) is 6.08. The quantitative estimate of drug-likeness (QED) is 0.509. The molecule has 0 saturated carbocycles. The third kappa shape index (κ3) is 4.89. The van der Waals surface area contributed by atoms with Gasteiger partial charge in [-0.1, -0.05) is 39.0 Å². The molecule has 2 nitrogen and oxygen atoms in total. The van der Waals surface area contributed by atoms with E-state index in [0.29, 0.717) is 0 Å². The van der Waals surface area contributed by atoms with E-state index in [1.165, 1.54) is 45.1 Å². The standard InChI is InChI=1S/C11H21BrN2/c1-2-3-4-5-6-7-8-13-9-10-14(12)11-13/h9-10H,2-8,11H2,1H3. The van der Waals surface area contributed by atoms with Crippen molar-refractivity contribution >= 4 is 16.1 Å². The normalized spacial score (nSPS) is 15.6. The van der Waals surface area contributed by atoms with Gasteiger partial charge in [-0.05, 0) is 6.42 Å². The van der Waals surface area contributed by atoms with Crippen LogP contribution in [0.15, 0.2) is 12.4 Å². The highest BCUT2D eigenvalue weighted by Crippen LogP contribution is 2.12. The highest BCUT2D eigenvalue weighted by atomic mass is 79.9. The highest BCUT2D eigenvalue weighted by molar-refractivity contribution is 9.07. The van der Waals surface area contributed by atoms with E-state index >= 15 is 0 Å². The topological polar surface area (TPSA) is 6.48 Å². The van der Waals surface area contributed by atoms with Gasteiger partial charge in [0.15, 0.2) is 0 Å². The second-order valence-corrected chi connectivity index (χ2v) is 4.83. The van der Waals surface area contributed by atoms with Gasteiger partial charge in [0.25, 0.3) is 0 Å². The summed E-state index contributed by atoms with van der Waals surface area (Å²) in [6, 6.07) is 0. The molecule has 0 bridgehead atoms. The summed E-state index contributed by atoms with van der Waals surface area (Å²) < 4.78 is 2.03. The molecule has 0 atom stereocenters. The van der Waals surface area contributed by atoms with Crippen LogP contribution in [0.25, 0.3) is 0 Å². The Balaban J connectivity index is 1.87. The van der Waals surface area contributed by atoms with Crippen LogP contribution in [-0.2, 0) is 0 Å². The van der Waals surface area contributed by atoms with E-state index in [0.717, 1.165) is 6.67 Å². The molecule has 0 amide bonds. The summed E-state index contributed by atoms with van der Waals surface area (Å²) in [4.78, 5) is 2.34. The first-order chi connectivity index (χ1) is 6.83. The Morgan fingerprint density at radius 2 is 1.79 bits per heavy atom. The number of nitrogens with zero attached hydrogens (tertiary/aromatic N) is 2. The number of hydrogen-bond donors (Lipinski definition) is 0. The van der Waals surface area contributed by atoms with Crippen LogP contribution in [0.2, 0.25) is 0 Å². The summed E-state index contributed by atoms with van der Waals surface area (Å²) in [5.74, 6) is 0. The first kappa shape index (κ1) is 11.9. The third-order valence-corrected chi connectivity index (χ3v) is 3.02. The second kappa shape index (κ2) is 7.16. The fourth-order valence-corrected chi connectivity index (χ4v) is 2.07. The fraction of sp³-hybridized carbons (Fsp3) is 0.818. The smallest absolute Gasteiger partial charge is 0.100 e. The molecule has 0 saturated heterocycles. The molecule has 1 aliphatic rings. The van der Waals surface area contributed by atoms with Gasteiger partial charge in [-0.25, -0.2) is 0 Å². The number of rotatable bonds is 7. The van der Waals surface area contributed by atoms with Crippen LogP contribution in [0.1, 0.15) is 45.4 Å². The molecule has 0 radical (unpaired) electrons. The zero-order chi connectivity index (χ0) is 10.2. The molecular formula is C11H21BrN2. The SMILES string of the molecule is CCCCCCCCN1C=CN(Br)C1. The number of hydrogen-bond acceptors (Lipinski definition) is 2. The van der Waals surface area contributed by atoms with Crippen molar-refractivity contribution in [3.8, 4) is 0 Å². The van der Waals surface area contributed by atoms with Crippen molar-refractivity contribution in [2.24, 2.45) is 0 Å². The summed E-state index contributed by atoms with van der Waals surface area (Å²) in [6.07, 6.45) is 12.5. The molecule has 3 heteroatoms. The van der Waals surface area contributed by atoms with Gasteiger partial charge in [0, 0.05) is 18.9 Å². The predicted octanol–water partition coefficient (Wildman–Crippen LogP) is 3.70. The van der Waals surface area contributed by atoms with Crippen molar-refractivity contribution in [1.82, 2.24) is 8.83 Å². The van der Waals surface area contributed by atoms with E-state index in [2.05, 4.69) is 40.4 Å². The minimum Gasteiger partial charge on any atom is -0.358 e. The van der Waals surface area contributed by atoms with Crippen molar-refractivity contribution in [3.05, 3.63) is 12.4 Å². The Morgan fingerprint density at radius 1 is 1.07 bits per heavy atom. The van der Waals surface area contributed by atoms with Crippen LogP contribution in [-0.4, -0.2) is 22.0 Å². The molecule has 0 spiro atoms. The maximum atomic E-state index is 3.43. The molecule has 0 aromatic rings. The van der Waals surface area contributed by atoms with E-state index in [-0.39, 0.29) is 0 Å². The van der Waals surface area contributed by atoms with Gasteiger partial charge in [0.2, 0.25) is 0 Å². The lowest BCUT2D eigenvalue weighted by Gasteiger charge is -2.16. The maximum Gasteiger partial charge on any atom is 0.100 e. The minimum atomic E-state index is 0.995. The average molecular weight is 261 g/mol. The molecule has 0 fully saturated rings. The summed E-state index contributed by atoms with van der Waals surface area (Å²) in [5.41, 5.74) is 0. The van der Waals surface area contributed by atoms with E-state index in [1.807, 2.05) is 3.93 Å². The van der Waals surface area contributed by atoms with Crippen molar-refractivity contribution in [3.63, 3.8) is 0 Å². The molecule has 14 heavy (non-hydrogen) atoms. The Hall–Kier alpha value is -0.180. The van der Waals surface area contributed by atoms with Gasteiger partial charge in [-0.15, -0.1) is 0 Å². The van der Waals surface area contributed by atoms with Gasteiger partial charge >= 0.3 is 0 Å². The van der Waals surface area contributed by atoms with Gasteiger partial charge in [0.1, 0.15) is 6.67 Å². The molecule has 1 rings (SSSR count). The summed E-state index contributed by atoms with van der Waals surface area (Å²) >= 11 is 3.43. The Bertz CT molecular complexity index is 171. The zero-order valence-corrected chi connectivity index (χ0v) is 10.7. The molecule has 1 heterocycles. The van der Waals surface area contributed by atoms with Crippen molar-refractivity contribution in [2.45, 2.75) is 45.4 Å². The lowest BCUT2D eigenvalue weighted by atomic mass is 10.1. The number of unbranched alkanes of at least 4 members (excludes halogenated alkanes) is 5. The Labute approximate surface area is 96.3 Å².